The van der Waals surface area contributed by atoms with Gasteiger partial charge in [0.1, 0.15) is 5.76 Å². The summed E-state index contributed by atoms with van der Waals surface area (Å²) in [5.74, 6) is 0.881. The molecule has 0 bridgehead atoms. The minimum atomic E-state index is -0.0689. The van der Waals surface area contributed by atoms with Crippen LogP contribution in [0.3, 0.4) is 0 Å². The maximum Gasteiger partial charge on any atom is 0.315 e. The predicted molar refractivity (Wildman–Crippen MR) is 84.5 cm³/mol. The van der Waals surface area contributed by atoms with E-state index in [1.807, 2.05) is 6.92 Å². The lowest BCUT2D eigenvalue weighted by Crippen LogP contribution is -1.93. The van der Waals surface area contributed by atoms with Crippen molar-refractivity contribution in [2.75, 3.05) is 0 Å². The van der Waals surface area contributed by atoms with Crippen molar-refractivity contribution >= 4 is 5.97 Å². The molecule has 0 saturated heterocycles. The number of hydrogen-bond donors (Lipinski definition) is 0. The van der Waals surface area contributed by atoms with Gasteiger partial charge in [0, 0.05) is 6.42 Å². The van der Waals surface area contributed by atoms with Gasteiger partial charge in [0.15, 0.2) is 0 Å². The van der Waals surface area contributed by atoms with Gasteiger partial charge >= 0.3 is 5.97 Å². The van der Waals surface area contributed by atoms with E-state index in [1.165, 1.54) is 64.2 Å². The largest absolute Gasteiger partial charge is 0.431 e. The Hall–Kier alpha value is -0.790. The second kappa shape index (κ2) is 10.9. The second-order valence-electron chi connectivity index (χ2n) is 6.14. The molecule has 20 heavy (non-hydrogen) atoms. The van der Waals surface area contributed by atoms with Crippen molar-refractivity contribution in [2.45, 2.75) is 97.3 Å². The second-order valence-corrected chi connectivity index (χ2v) is 6.14. The molecule has 2 heteroatoms. The van der Waals surface area contributed by atoms with Crippen molar-refractivity contribution in [3.05, 3.63) is 11.3 Å². The number of cyclic esters (lactones) is 1. The molecular weight excluding hydrogens is 248 g/mol. The summed E-state index contributed by atoms with van der Waals surface area (Å²) in [6.07, 6.45) is 16.4. The van der Waals surface area contributed by atoms with Crippen molar-refractivity contribution in [3.63, 3.8) is 0 Å². The molecule has 0 unspecified atom stereocenters. The number of esters is 1. The number of carbonyl (C=O) groups excluding carboxylic acids is 1. The van der Waals surface area contributed by atoms with Gasteiger partial charge in [-0.3, -0.25) is 4.79 Å². The summed E-state index contributed by atoms with van der Waals surface area (Å²) in [5.41, 5.74) is 1.14. The summed E-state index contributed by atoms with van der Waals surface area (Å²) in [5, 5.41) is 0. The van der Waals surface area contributed by atoms with E-state index in [0.717, 1.165) is 24.2 Å². The normalized spacial score (nSPS) is 15.0. The van der Waals surface area contributed by atoms with Crippen molar-refractivity contribution in [1.29, 1.82) is 0 Å². The third-order valence-corrected chi connectivity index (χ3v) is 4.13. The molecule has 1 aliphatic rings. The van der Waals surface area contributed by atoms with Crippen LogP contribution in [-0.2, 0) is 9.53 Å². The molecule has 1 aliphatic heterocycles. The number of carbonyl (C=O) groups is 1. The summed E-state index contributed by atoms with van der Waals surface area (Å²) in [6, 6.07) is 0. The van der Waals surface area contributed by atoms with E-state index >= 15 is 0 Å². The van der Waals surface area contributed by atoms with Crippen LogP contribution in [0.5, 0.6) is 0 Å². The fraction of sp³-hybridized carbons (Fsp3) is 0.833. The van der Waals surface area contributed by atoms with Gasteiger partial charge in [-0.15, -0.1) is 0 Å². The molecule has 0 aliphatic carbocycles. The topological polar surface area (TPSA) is 26.3 Å². The number of hydrogen-bond acceptors (Lipinski definition) is 2. The van der Waals surface area contributed by atoms with Gasteiger partial charge in [0.05, 0.1) is 6.42 Å². The summed E-state index contributed by atoms with van der Waals surface area (Å²) in [4.78, 5) is 11.1. The van der Waals surface area contributed by atoms with Crippen LogP contribution in [0, 0.1) is 0 Å². The molecule has 0 aromatic carbocycles. The van der Waals surface area contributed by atoms with Gasteiger partial charge in [0.25, 0.3) is 0 Å². The Bertz CT molecular complexity index is 305. The van der Waals surface area contributed by atoms with Crippen molar-refractivity contribution in [2.24, 2.45) is 0 Å². The summed E-state index contributed by atoms with van der Waals surface area (Å²) < 4.78 is 5.21. The molecule has 1 heterocycles. The number of allylic oxidation sites excluding steroid dienone is 1. The molecule has 1 rings (SSSR count). The van der Waals surface area contributed by atoms with Crippen LogP contribution in [-0.4, -0.2) is 5.97 Å². The standard InChI is InChI=1S/C18H32O2/c1-3-4-5-6-7-8-9-10-11-12-13-14-17-16(2)15-18(19)20-17/h3-15H2,1-2H3. The van der Waals surface area contributed by atoms with Gasteiger partial charge in [0.2, 0.25) is 0 Å². The zero-order valence-electron chi connectivity index (χ0n) is 13.5. The van der Waals surface area contributed by atoms with Crippen LogP contribution in [0.15, 0.2) is 11.3 Å². The average Bonchev–Trinajstić information content (AvgIpc) is 2.74. The van der Waals surface area contributed by atoms with E-state index in [1.54, 1.807) is 0 Å². The number of ether oxygens (including phenoxy) is 1. The molecule has 0 radical (unpaired) electrons. The lowest BCUT2D eigenvalue weighted by molar-refractivity contribution is -0.136. The Morgan fingerprint density at radius 3 is 1.80 bits per heavy atom. The number of unbranched alkanes of at least 4 members (excludes halogenated alkanes) is 10. The summed E-state index contributed by atoms with van der Waals surface area (Å²) >= 11 is 0. The highest BCUT2D eigenvalue weighted by molar-refractivity contribution is 5.76. The Morgan fingerprint density at radius 2 is 1.35 bits per heavy atom. The Morgan fingerprint density at radius 1 is 0.850 bits per heavy atom. The molecule has 0 aromatic rings. The first-order valence-corrected chi connectivity index (χ1v) is 8.63. The maximum absolute atomic E-state index is 11.1. The molecule has 0 saturated carbocycles. The lowest BCUT2D eigenvalue weighted by Gasteiger charge is -2.04. The van der Waals surface area contributed by atoms with E-state index < -0.39 is 0 Å². The van der Waals surface area contributed by atoms with Gasteiger partial charge in [-0.1, -0.05) is 71.1 Å². The molecule has 0 aromatic heterocycles. The van der Waals surface area contributed by atoms with Gasteiger partial charge in [-0.2, -0.15) is 0 Å². The maximum atomic E-state index is 11.1. The zero-order valence-corrected chi connectivity index (χ0v) is 13.5. The van der Waals surface area contributed by atoms with E-state index in [2.05, 4.69) is 6.92 Å². The first-order chi connectivity index (χ1) is 9.74. The molecule has 0 atom stereocenters. The average molecular weight is 280 g/mol. The van der Waals surface area contributed by atoms with Gasteiger partial charge in [-0.25, -0.2) is 0 Å². The minimum absolute atomic E-state index is 0.0689. The highest BCUT2D eigenvalue weighted by atomic mass is 16.5. The molecule has 2 nitrogen and oxygen atoms in total. The Labute approximate surface area is 125 Å². The van der Waals surface area contributed by atoms with Crippen LogP contribution in [0.1, 0.15) is 97.3 Å². The van der Waals surface area contributed by atoms with Crippen LogP contribution in [0.25, 0.3) is 0 Å². The third kappa shape index (κ3) is 7.72. The highest BCUT2D eigenvalue weighted by Crippen LogP contribution is 2.24. The molecule has 0 fully saturated rings. The summed E-state index contributed by atoms with van der Waals surface area (Å²) in [6.45, 7) is 4.28. The van der Waals surface area contributed by atoms with Crippen LogP contribution in [0.4, 0.5) is 0 Å². The monoisotopic (exact) mass is 280 g/mol. The third-order valence-electron chi connectivity index (χ3n) is 4.13. The minimum Gasteiger partial charge on any atom is -0.431 e. The van der Waals surface area contributed by atoms with E-state index in [9.17, 15) is 4.79 Å². The van der Waals surface area contributed by atoms with Gasteiger partial charge in [-0.05, 0) is 18.9 Å². The quantitative estimate of drug-likeness (QED) is 0.328. The lowest BCUT2D eigenvalue weighted by atomic mass is 10.0. The van der Waals surface area contributed by atoms with Crippen molar-refractivity contribution in [1.82, 2.24) is 0 Å². The predicted octanol–water partition coefficient (Wildman–Crippen LogP) is 5.91. The first-order valence-electron chi connectivity index (χ1n) is 8.63. The van der Waals surface area contributed by atoms with Crippen molar-refractivity contribution < 1.29 is 9.53 Å². The summed E-state index contributed by atoms with van der Waals surface area (Å²) in [7, 11) is 0. The molecule has 0 spiro atoms. The SMILES string of the molecule is CCCCCCCCCCCCCC1=C(C)CC(=O)O1. The van der Waals surface area contributed by atoms with E-state index in [4.69, 9.17) is 4.74 Å². The zero-order chi connectivity index (χ0) is 14.6. The smallest absolute Gasteiger partial charge is 0.315 e. The fourth-order valence-corrected chi connectivity index (χ4v) is 2.79. The van der Waals surface area contributed by atoms with Crippen molar-refractivity contribution in [3.8, 4) is 0 Å². The van der Waals surface area contributed by atoms with Crippen LogP contribution >= 0.6 is 0 Å². The molecular formula is C18H32O2. The highest BCUT2D eigenvalue weighted by Gasteiger charge is 2.19. The molecule has 0 N–H and O–H groups in total. The van der Waals surface area contributed by atoms with Crippen LogP contribution in [0.2, 0.25) is 0 Å². The fourth-order valence-electron chi connectivity index (χ4n) is 2.79. The van der Waals surface area contributed by atoms with E-state index in [-0.39, 0.29) is 5.97 Å². The van der Waals surface area contributed by atoms with E-state index in [0.29, 0.717) is 6.42 Å². The first kappa shape index (κ1) is 17.3. The Balaban J connectivity index is 1.83. The molecule has 116 valence electrons. The van der Waals surface area contributed by atoms with Gasteiger partial charge < -0.3 is 4.74 Å². The Kier molecular flexibility index (Phi) is 9.44. The van der Waals surface area contributed by atoms with Crippen LogP contribution < -0.4 is 0 Å². The molecule has 0 amide bonds. The number of rotatable bonds is 12.